The zero-order chi connectivity index (χ0) is 22.1. The van der Waals surface area contributed by atoms with Crippen molar-refractivity contribution in [2.45, 2.75) is 104 Å². The van der Waals surface area contributed by atoms with Gasteiger partial charge >= 0.3 is 5.97 Å². The zero-order valence-corrected chi connectivity index (χ0v) is 19.9. The molecule has 0 aromatic rings. The van der Waals surface area contributed by atoms with E-state index in [-0.39, 0.29) is 12.0 Å². The first-order chi connectivity index (χ1) is 14.6. The van der Waals surface area contributed by atoms with E-state index >= 15 is 0 Å². The van der Waals surface area contributed by atoms with Crippen molar-refractivity contribution >= 4 is 11.8 Å². The third-order valence-corrected chi connectivity index (χ3v) is 11.4. The number of aliphatic carboxylic acids is 1. The van der Waals surface area contributed by atoms with Crippen molar-refractivity contribution in [2.75, 3.05) is 0 Å². The minimum absolute atomic E-state index is 0.227. The first-order valence-electron chi connectivity index (χ1n) is 13.0. The summed E-state index contributed by atoms with van der Waals surface area (Å²) >= 11 is 0. The summed E-state index contributed by atoms with van der Waals surface area (Å²) < 4.78 is 6.67. The summed E-state index contributed by atoms with van der Waals surface area (Å²) in [5.74, 6) is 3.66. The summed E-state index contributed by atoms with van der Waals surface area (Å²) in [7, 11) is 0. The Labute approximate surface area is 187 Å². The van der Waals surface area contributed by atoms with Crippen LogP contribution in [0.25, 0.3) is 0 Å². The first-order valence-corrected chi connectivity index (χ1v) is 13.0. The predicted molar refractivity (Wildman–Crippen MR) is 119 cm³/mol. The molecule has 0 bridgehead atoms. The van der Waals surface area contributed by atoms with Gasteiger partial charge in [-0.05, 0) is 97.7 Å². The smallest absolute Gasteiger partial charge is 0.306 e. The number of rotatable bonds is 4. The molecule has 4 saturated carbocycles. The van der Waals surface area contributed by atoms with E-state index in [2.05, 4.69) is 20.8 Å². The molecule has 174 valence electrons. The Morgan fingerprint density at radius 3 is 2.68 bits per heavy atom. The second-order valence-electron chi connectivity index (χ2n) is 12.6. The number of carboxylic acid groups (broad SMARTS) is 1. The van der Waals surface area contributed by atoms with Gasteiger partial charge in [-0.2, -0.15) is 0 Å². The number of Topliss-reactive ketones (excluding diaryl/α,β-unsaturated/α-hetero) is 1. The van der Waals surface area contributed by atoms with Crippen LogP contribution < -0.4 is 0 Å². The van der Waals surface area contributed by atoms with Crippen LogP contribution in [0.3, 0.4) is 0 Å². The van der Waals surface area contributed by atoms with Gasteiger partial charge in [0.25, 0.3) is 0 Å². The summed E-state index contributed by atoms with van der Waals surface area (Å²) in [4.78, 5) is 23.4. The third-order valence-electron chi connectivity index (χ3n) is 11.4. The van der Waals surface area contributed by atoms with Crippen LogP contribution in [0.2, 0.25) is 0 Å². The minimum Gasteiger partial charge on any atom is -0.481 e. The molecule has 31 heavy (non-hydrogen) atoms. The summed E-state index contributed by atoms with van der Waals surface area (Å²) in [5.41, 5.74) is 0.740. The number of ether oxygens (including phenoxy) is 1. The number of hydrogen-bond donors (Lipinski definition) is 1. The van der Waals surface area contributed by atoms with E-state index in [4.69, 9.17) is 4.74 Å². The van der Waals surface area contributed by atoms with E-state index in [9.17, 15) is 14.7 Å². The number of carboxylic acids is 1. The highest BCUT2D eigenvalue weighted by molar-refractivity contribution is 5.79. The average Bonchev–Trinajstić information content (AvgIpc) is 3.20. The first kappa shape index (κ1) is 21.9. The van der Waals surface area contributed by atoms with Gasteiger partial charge in [0.1, 0.15) is 5.78 Å². The largest absolute Gasteiger partial charge is 0.481 e. The maximum atomic E-state index is 12.1. The van der Waals surface area contributed by atoms with E-state index in [1.165, 1.54) is 32.1 Å². The molecule has 5 fully saturated rings. The van der Waals surface area contributed by atoms with Gasteiger partial charge in [-0.25, -0.2) is 0 Å². The quantitative estimate of drug-likeness (QED) is 0.619. The van der Waals surface area contributed by atoms with Crippen LogP contribution in [-0.4, -0.2) is 29.1 Å². The molecule has 11 atom stereocenters. The van der Waals surface area contributed by atoms with E-state index in [1.54, 1.807) is 0 Å². The maximum absolute atomic E-state index is 12.1. The molecule has 1 saturated heterocycles. The number of fused-ring (bicyclic) bond motifs is 7. The van der Waals surface area contributed by atoms with Crippen molar-refractivity contribution in [3.8, 4) is 0 Å². The molecule has 0 amide bonds. The van der Waals surface area contributed by atoms with Crippen molar-refractivity contribution in [3.05, 3.63) is 0 Å². The van der Waals surface area contributed by atoms with Crippen molar-refractivity contribution in [1.82, 2.24) is 0 Å². The lowest BCUT2D eigenvalue weighted by Gasteiger charge is -2.60. The van der Waals surface area contributed by atoms with Crippen LogP contribution in [0.4, 0.5) is 0 Å². The molecule has 4 nitrogen and oxygen atoms in total. The van der Waals surface area contributed by atoms with Gasteiger partial charge in [-0.15, -0.1) is 0 Å². The van der Waals surface area contributed by atoms with Crippen molar-refractivity contribution in [2.24, 2.45) is 52.3 Å². The van der Waals surface area contributed by atoms with Crippen LogP contribution in [-0.2, 0) is 14.3 Å². The summed E-state index contributed by atoms with van der Waals surface area (Å²) in [5, 5.41) is 9.25. The fourth-order valence-corrected chi connectivity index (χ4v) is 9.60. The van der Waals surface area contributed by atoms with Gasteiger partial charge < -0.3 is 9.84 Å². The van der Waals surface area contributed by atoms with E-state index in [0.717, 1.165) is 43.4 Å². The van der Waals surface area contributed by atoms with Gasteiger partial charge in [0.2, 0.25) is 0 Å². The van der Waals surface area contributed by atoms with Crippen molar-refractivity contribution < 1.29 is 19.4 Å². The fourth-order valence-electron chi connectivity index (χ4n) is 9.60. The van der Waals surface area contributed by atoms with Crippen LogP contribution in [0, 0.1) is 52.3 Å². The van der Waals surface area contributed by atoms with Gasteiger partial charge in [0.05, 0.1) is 18.1 Å². The zero-order valence-electron chi connectivity index (χ0n) is 19.9. The highest BCUT2D eigenvalue weighted by atomic mass is 16.5. The Kier molecular flexibility index (Phi) is 5.35. The van der Waals surface area contributed by atoms with Crippen molar-refractivity contribution in [1.29, 1.82) is 0 Å². The topological polar surface area (TPSA) is 63.6 Å². The Bertz CT molecular complexity index is 748. The van der Waals surface area contributed by atoms with Crippen LogP contribution >= 0.6 is 0 Å². The number of carbonyl (C=O) groups is 2. The monoisotopic (exact) mass is 430 g/mol. The molecule has 1 aliphatic heterocycles. The number of carbonyl (C=O) groups excluding carboxylic acids is 1. The highest BCUT2D eigenvalue weighted by Crippen LogP contribution is 2.69. The van der Waals surface area contributed by atoms with E-state index < -0.39 is 5.97 Å². The average molecular weight is 431 g/mol. The van der Waals surface area contributed by atoms with Crippen LogP contribution in [0.5, 0.6) is 0 Å². The Morgan fingerprint density at radius 2 is 1.94 bits per heavy atom. The van der Waals surface area contributed by atoms with Gasteiger partial charge in [0, 0.05) is 12.8 Å². The molecule has 4 heteroatoms. The summed E-state index contributed by atoms with van der Waals surface area (Å²) in [6.45, 7) is 9.29. The molecular formula is C27H42O4. The normalized spacial score (nSPS) is 52.1. The number of ketones is 1. The SMILES string of the molecule is CC(CCC1O[C@H]2C[C@H]3[C@@H]4CCC5CC(=O)CC[C@]5(C)[C@H]4CC[C@]3(C)[C@H]2[C@@H]1C)C(=O)O. The molecule has 0 radical (unpaired) electrons. The molecule has 1 heterocycles. The lowest BCUT2D eigenvalue weighted by Crippen LogP contribution is -2.54. The molecular weight excluding hydrogens is 388 g/mol. The Morgan fingerprint density at radius 1 is 1.16 bits per heavy atom. The molecule has 1 N–H and O–H groups in total. The lowest BCUT2D eigenvalue weighted by molar-refractivity contribution is -0.141. The second-order valence-corrected chi connectivity index (χ2v) is 12.6. The Hall–Kier alpha value is -0.900. The number of hydrogen-bond acceptors (Lipinski definition) is 3. The van der Waals surface area contributed by atoms with Crippen molar-refractivity contribution in [3.63, 3.8) is 0 Å². The van der Waals surface area contributed by atoms with Crippen LogP contribution in [0.15, 0.2) is 0 Å². The van der Waals surface area contributed by atoms with Crippen LogP contribution in [0.1, 0.15) is 91.9 Å². The summed E-state index contributed by atoms with van der Waals surface area (Å²) in [6.07, 6.45) is 11.3. The predicted octanol–water partition coefficient (Wildman–Crippen LogP) is 5.73. The maximum Gasteiger partial charge on any atom is 0.306 e. The molecule has 5 aliphatic rings. The minimum atomic E-state index is -0.690. The van der Waals surface area contributed by atoms with Gasteiger partial charge in [-0.3, -0.25) is 9.59 Å². The van der Waals surface area contributed by atoms with Gasteiger partial charge in [-0.1, -0.05) is 27.7 Å². The molecule has 4 aliphatic carbocycles. The molecule has 5 rings (SSSR count). The van der Waals surface area contributed by atoms with Gasteiger partial charge in [0.15, 0.2) is 0 Å². The lowest BCUT2D eigenvalue weighted by atomic mass is 9.44. The molecule has 0 aromatic heterocycles. The standard InChI is InChI=1S/C27H42O4/c1-15(25(29)30)5-8-22-16(2)24-23(31-22)14-21-19-7-6-17-13-18(28)9-11-26(17,3)20(19)10-12-27(21,24)4/h15-17,19-24H,5-14H2,1-4H3,(H,29,30)/t15?,16-,17?,19-,20+,21+,22?,23+,24+,26+,27+/m1/s1. The molecule has 0 spiro atoms. The molecule has 3 unspecified atom stereocenters. The Balaban J connectivity index is 1.31. The third kappa shape index (κ3) is 3.25. The second kappa shape index (κ2) is 7.57. The molecule has 0 aromatic carbocycles. The highest BCUT2D eigenvalue weighted by Gasteiger charge is 2.65. The fraction of sp³-hybridized carbons (Fsp3) is 0.926. The van der Waals surface area contributed by atoms with E-state index in [0.29, 0.717) is 46.9 Å². The van der Waals surface area contributed by atoms with E-state index in [1.807, 2.05) is 6.92 Å². The summed E-state index contributed by atoms with van der Waals surface area (Å²) in [6, 6.07) is 0.